The molecule has 4 atom stereocenters. The van der Waals surface area contributed by atoms with Gasteiger partial charge in [-0.25, -0.2) is 4.39 Å². The second-order valence-electron chi connectivity index (χ2n) is 6.91. The monoisotopic (exact) mass is 388 g/mol. The van der Waals surface area contributed by atoms with Crippen molar-refractivity contribution in [3.05, 3.63) is 81.9 Å². The number of alkyl halides is 1. The van der Waals surface area contributed by atoms with E-state index in [0.717, 1.165) is 10.5 Å². The lowest BCUT2D eigenvalue weighted by Crippen LogP contribution is -2.46. The number of benzene rings is 2. The standard InChI is InChI=1S/C21H25FN2O4/c1-15(20(25)17-11-7-4-8-12-17)23(2)21(26)19(22)18(14-24(27)28)13-16-9-5-3-6-10-16/h3-12,15,18-20,25H,13-14H2,1-2H3/t15-,18+,19+,20+/m1/s1. The largest absolute Gasteiger partial charge is 0.386 e. The van der Waals surface area contributed by atoms with Crippen LogP contribution in [0.3, 0.4) is 0 Å². The van der Waals surface area contributed by atoms with E-state index in [-0.39, 0.29) is 6.42 Å². The topological polar surface area (TPSA) is 83.7 Å². The second kappa shape index (κ2) is 9.94. The molecule has 1 N–H and O–H groups in total. The Morgan fingerprint density at radius 3 is 2.21 bits per heavy atom. The molecule has 7 heteroatoms. The van der Waals surface area contributed by atoms with Crippen LogP contribution in [0.15, 0.2) is 60.7 Å². The van der Waals surface area contributed by atoms with E-state index in [2.05, 4.69) is 0 Å². The molecule has 0 aliphatic rings. The quantitative estimate of drug-likeness (QED) is 0.529. The molecule has 28 heavy (non-hydrogen) atoms. The molecule has 0 aliphatic heterocycles. The summed E-state index contributed by atoms with van der Waals surface area (Å²) in [7, 11) is 1.40. The van der Waals surface area contributed by atoms with Crippen molar-refractivity contribution < 1.29 is 19.2 Å². The number of carbonyl (C=O) groups is 1. The van der Waals surface area contributed by atoms with E-state index in [0.29, 0.717) is 5.56 Å². The van der Waals surface area contributed by atoms with Crippen LogP contribution in [0.5, 0.6) is 0 Å². The minimum absolute atomic E-state index is 0.0815. The lowest BCUT2D eigenvalue weighted by molar-refractivity contribution is -0.489. The molecular weight excluding hydrogens is 363 g/mol. The predicted octanol–water partition coefficient (Wildman–Crippen LogP) is 3.04. The van der Waals surface area contributed by atoms with Gasteiger partial charge in [0, 0.05) is 12.0 Å². The Morgan fingerprint density at radius 2 is 1.68 bits per heavy atom. The van der Waals surface area contributed by atoms with Crippen molar-refractivity contribution in [1.29, 1.82) is 0 Å². The van der Waals surface area contributed by atoms with Gasteiger partial charge >= 0.3 is 0 Å². The van der Waals surface area contributed by atoms with Gasteiger partial charge in [0.15, 0.2) is 6.17 Å². The SMILES string of the molecule is C[C@H]([C@H](O)c1ccccc1)N(C)C(=O)[C@@H](F)[C@@H](Cc1ccccc1)C[N+](=O)[O-]. The Hall–Kier alpha value is -2.80. The highest BCUT2D eigenvalue weighted by atomic mass is 19.1. The smallest absolute Gasteiger partial charge is 0.257 e. The molecule has 0 spiro atoms. The lowest BCUT2D eigenvalue weighted by Gasteiger charge is -2.31. The summed E-state index contributed by atoms with van der Waals surface area (Å²) in [4.78, 5) is 24.2. The summed E-state index contributed by atoms with van der Waals surface area (Å²) < 4.78 is 15.0. The maximum Gasteiger partial charge on any atom is 0.257 e. The number of hydrogen-bond donors (Lipinski definition) is 1. The number of amides is 1. The van der Waals surface area contributed by atoms with Crippen molar-refractivity contribution in [3.8, 4) is 0 Å². The van der Waals surface area contributed by atoms with Gasteiger partial charge < -0.3 is 10.0 Å². The fourth-order valence-electron chi connectivity index (χ4n) is 3.11. The van der Waals surface area contributed by atoms with Crippen molar-refractivity contribution in [2.75, 3.05) is 13.6 Å². The molecule has 0 saturated carbocycles. The first-order chi connectivity index (χ1) is 13.3. The van der Waals surface area contributed by atoms with Gasteiger partial charge in [-0.05, 0) is 24.5 Å². The predicted molar refractivity (Wildman–Crippen MR) is 104 cm³/mol. The Labute approximate surface area is 163 Å². The van der Waals surface area contributed by atoms with Crippen molar-refractivity contribution in [2.24, 2.45) is 5.92 Å². The molecule has 2 rings (SSSR count). The van der Waals surface area contributed by atoms with E-state index < -0.39 is 41.6 Å². The minimum Gasteiger partial charge on any atom is -0.386 e. The van der Waals surface area contributed by atoms with Gasteiger partial charge in [0.05, 0.1) is 18.1 Å². The van der Waals surface area contributed by atoms with Crippen LogP contribution < -0.4 is 0 Å². The summed E-state index contributed by atoms with van der Waals surface area (Å²) in [6.45, 7) is 0.966. The summed E-state index contributed by atoms with van der Waals surface area (Å²) in [6, 6.07) is 16.9. The van der Waals surface area contributed by atoms with Crippen LogP contribution in [0.2, 0.25) is 0 Å². The number of carbonyl (C=O) groups excluding carboxylic acids is 1. The van der Waals surface area contributed by atoms with Gasteiger partial charge in [0.25, 0.3) is 5.91 Å². The van der Waals surface area contributed by atoms with Gasteiger partial charge in [0.2, 0.25) is 6.54 Å². The Balaban J connectivity index is 2.12. The Kier molecular flexibility index (Phi) is 7.63. The number of nitrogens with zero attached hydrogens (tertiary/aromatic N) is 2. The van der Waals surface area contributed by atoms with Gasteiger partial charge in [-0.15, -0.1) is 0 Å². The van der Waals surface area contributed by atoms with Crippen molar-refractivity contribution in [3.63, 3.8) is 0 Å². The molecule has 2 aromatic rings. The number of hydrogen-bond acceptors (Lipinski definition) is 4. The van der Waals surface area contributed by atoms with E-state index in [1.165, 1.54) is 7.05 Å². The zero-order chi connectivity index (χ0) is 20.7. The van der Waals surface area contributed by atoms with Crippen LogP contribution >= 0.6 is 0 Å². The summed E-state index contributed by atoms with van der Waals surface area (Å²) in [6.07, 6.45) is -2.95. The number of nitro groups is 1. The summed E-state index contributed by atoms with van der Waals surface area (Å²) in [5.41, 5.74) is 1.33. The van der Waals surface area contributed by atoms with Crippen LogP contribution in [0.4, 0.5) is 4.39 Å². The number of aliphatic hydroxyl groups excluding tert-OH is 1. The molecule has 6 nitrogen and oxygen atoms in total. The van der Waals surface area contributed by atoms with Crippen LogP contribution in [0.25, 0.3) is 0 Å². The highest BCUT2D eigenvalue weighted by Gasteiger charge is 2.36. The third-order valence-electron chi connectivity index (χ3n) is 4.93. The average Bonchev–Trinajstić information content (AvgIpc) is 2.71. The third-order valence-corrected chi connectivity index (χ3v) is 4.93. The zero-order valence-corrected chi connectivity index (χ0v) is 15.9. The number of likely N-dealkylation sites (N-methyl/N-ethyl adjacent to an activating group) is 1. The first kappa shape index (κ1) is 21.5. The van der Waals surface area contributed by atoms with E-state index in [9.17, 15) is 20.0 Å². The summed E-state index contributed by atoms with van der Waals surface area (Å²) >= 11 is 0. The van der Waals surface area contributed by atoms with Crippen LogP contribution in [0.1, 0.15) is 24.2 Å². The first-order valence-electron chi connectivity index (χ1n) is 9.10. The third kappa shape index (κ3) is 5.60. The maximum absolute atomic E-state index is 15.0. The average molecular weight is 388 g/mol. The van der Waals surface area contributed by atoms with E-state index >= 15 is 4.39 Å². The lowest BCUT2D eigenvalue weighted by atomic mass is 9.93. The zero-order valence-electron chi connectivity index (χ0n) is 15.9. The minimum atomic E-state index is -2.04. The molecule has 1 amide bonds. The molecule has 0 radical (unpaired) electrons. The number of rotatable bonds is 9. The van der Waals surface area contributed by atoms with Crippen LogP contribution in [-0.2, 0) is 11.2 Å². The van der Waals surface area contributed by atoms with E-state index in [1.807, 2.05) is 0 Å². The highest BCUT2D eigenvalue weighted by Crippen LogP contribution is 2.23. The van der Waals surface area contributed by atoms with Gasteiger partial charge in [-0.1, -0.05) is 60.7 Å². The van der Waals surface area contributed by atoms with Gasteiger partial charge in [-0.3, -0.25) is 14.9 Å². The van der Waals surface area contributed by atoms with Crippen LogP contribution in [0, 0.1) is 16.0 Å². The Bertz CT molecular complexity index is 772. The molecule has 0 unspecified atom stereocenters. The molecular formula is C21H25FN2O4. The summed E-state index contributed by atoms with van der Waals surface area (Å²) in [5, 5.41) is 21.5. The fraction of sp³-hybridized carbons (Fsp3) is 0.381. The number of halogens is 1. The first-order valence-corrected chi connectivity index (χ1v) is 9.10. The molecule has 2 aromatic carbocycles. The fourth-order valence-corrected chi connectivity index (χ4v) is 3.11. The molecule has 0 bridgehead atoms. The molecule has 0 fully saturated rings. The molecule has 0 saturated heterocycles. The molecule has 0 heterocycles. The van der Waals surface area contributed by atoms with Crippen molar-refractivity contribution >= 4 is 5.91 Å². The second-order valence-corrected chi connectivity index (χ2v) is 6.91. The molecule has 0 aromatic heterocycles. The van der Waals surface area contributed by atoms with Gasteiger partial charge in [-0.2, -0.15) is 0 Å². The molecule has 0 aliphatic carbocycles. The van der Waals surface area contributed by atoms with Gasteiger partial charge in [0.1, 0.15) is 0 Å². The van der Waals surface area contributed by atoms with Crippen LogP contribution in [-0.4, -0.2) is 46.6 Å². The van der Waals surface area contributed by atoms with Crippen molar-refractivity contribution in [2.45, 2.75) is 31.7 Å². The summed E-state index contributed by atoms with van der Waals surface area (Å²) in [5.74, 6) is -1.96. The van der Waals surface area contributed by atoms with E-state index in [4.69, 9.17) is 0 Å². The molecule has 150 valence electrons. The maximum atomic E-state index is 15.0. The number of aliphatic hydroxyl groups is 1. The van der Waals surface area contributed by atoms with Crippen molar-refractivity contribution in [1.82, 2.24) is 4.90 Å². The Morgan fingerprint density at radius 1 is 1.14 bits per heavy atom. The normalized spacial score (nSPS) is 15.3. The van der Waals surface area contributed by atoms with E-state index in [1.54, 1.807) is 67.6 Å². The highest BCUT2D eigenvalue weighted by molar-refractivity contribution is 5.81.